The number of hydrogen-bond donors (Lipinski definition) is 1. The van der Waals surface area contributed by atoms with Gasteiger partial charge in [0, 0.05) is 37.1 Å². The number of rotatable bonds is 7. The Morgan fingerprint density at radius 1 is 1.19 bits per heavy atom. The molecule has 0 saturated heterocycles. The van der Waals surface area contributed by atoms with Crippen molar-refractivity contribution >= 4 is 23.6 Å². The molecule has 0 spiro atoms. The van der Waals surface area contributed by atoms with Crippen LogP contribution in [0.1, 0.15) is 22.4 Å². The number of halogens is 2. The molecule has 2 heterocycles. The van der Waals surface area contributed by atoms with E-state index < -0.39 is 0 Å². The van der Waals surface area contributed by atoms with E-state index in [2.05, 4.69) is 21.5 Å². The van der Waals surface area contributed by atoms with E-state index >= 15 is 0 Å². The zero-order valence-electron chi connectivity index (χ0n) is 17.4. The lowest BCUT2D eigenvalue weighted by atomic mass is 10.1. The van der Waals surface area contributed by atoms with Crippen molar-refractivity contribution in [2.24, 2.45) is 0 Å². The van der Waals surface area contributed by atoms with Crippen molar-refractivity contribution in [3.05, 3.63) is 107 Å². The Balaban J connectivity index is 1.39. The number of aromatic nitrogens is 4. The Kier molecular flexibility index (Phi) is 6.47. The summed E-state index contributed by atoms with van der Waals surface area (Å²) in [5.74, 6) is -0.576. The van der Waals surface area contributed by atoms with E-state index in [9.17, 15) is 9.18 Å². The van der Waals surface area contributed by atoms with E-state index in [0.717, 1.165) is 17.7 Å². The van der Waals surface area contributed by atoms with Crippen LogP contribution in [0.4, 0.5) is 4.39 Å². The highest BCUT2D eigenvalue weighted by Gasteiger charge is 2.13. The van der Waals surface area contributed by atoms with Gasteiger partial charge in [-0.05, 0) is 48.4 Å². The highest BCUT2D eigenvalue weighted by Crippen LogP contribution is 2.24. The molecule has 2 aromatic heterocycles. The van der Waals surface area contributed by atoms with Gasteiger partial charge in [0.2, 0.25) is 5.91 Å². The van der Waals surface area contributed by atoms with E-state index in [4.69, 9.17) is 11.6 Å². The average Bonchev–Trinajstić information content (AvgIpc) is 3.39. The molecule has 0 saturated carbocycles. The largest absolute Gasteiger partial charge is 0.348 e. The third-order valence-electron chi connectivity index (χ3n) is 4.90. The zero-order chi connectivity index (χ0) is 22.5. The third-order valence-corrected chi connectivity index (χ3v) is 5.27. The minimum Gasteiger partial charge on any atom is -0.348 e. The Morgan fingerprint density at radius 2 is 1.97 bits per heavy atom. The van der Waals surface area contributed by atoms with Crippen LogP contribution in [0.2, 0.25) is 5.15 Å². The smallest absolute Gasteiger partial charge is 0.244 e. The SMILES string of the molecule is Cc1nn(-c2ccc(F)cc2)c(Cl)c1/C=C/C(=O)NCc1cccc(Cn2ccnc2)c1. The third kappa shape index (κ3) is 5.12. The van der Waals surface area contributed by atoms with Gasteiger partial charge in [0.25, 0.3) is 0 Å². The fourth-order valence-electron chi connectivity index (χ4n) is 3.29. The Morgan fingerprint density at radius 3 is 2.72 bits per heavy atom. The summed E-state index contributed by atoms with van der Waals surface area (Å²) in [4.78, 5) is 16.4. The Bertz CT molecular complexity index is 1250. The second kappa shape index (κ2) is 9.62. The van der Waals surface area contributed by atoms with Gasteiger partial charge in [-0.25, -0.2) is 14.1 Å². The summed E-state index contributed by atoms with van der Waals surface area (Å²) < 4.78 is 16.7. The maximum absolute atomic E-state index is 13.2. The van der Waals surface area contributed by atoms with Crippen LogP contribution in [0.5, 0.6) is 0 Å². The molecule has 0 atom stereocenters. The molecule has 1 amide bonds. The molecule has 0 unspecified atom stereocenters. The molecule has 0 aliphatic heterocycles. The van der Waals surface area contributed by atoms with Gasteiger partial charge in [-0.2, -0.15) is 5.10 Å². The van der Waals surface area contributed by atoms with Gasteiger partial charge in [0.1, 0.15) is 11.0 Å². The number of amides is 1. The molecule has 6 nitrogen and oxygen atoms in total. The van der Waals surface area contributed by atoms with Gasteiger partial charge in [0.15, 0.2) is 0 Å². The molecular formula is C24H21ClFN5O. The summed E-state index contributed by atoms with van der Waals surface area (Å²) in [7, 11) is 0. The second-order valence-corrected chi connectivity index (χ2v) is 7.64. The molecule has 32 heavy (non-hydrogen) atoms. The molecule has 2 aromatic carbocycles. The predicted octanol–water partition coefficient (Wildman–Crippen LogP) is 4.55. The Hall–Kier alpha value is -3.71. The van der Waals surface area contributed by atoms with Gasteiger partial charge in [0.05, 0.1) is 17.7 Å². The number of hydrogen-bond acceptors (Lipinski definition) is 3. The topological polar surface area (TPSA) is 64.7 Å². The van der Waals surface area contributed by atoms with Gasteiger partial charge in [-0.15, -0.1) is 0 Å². The second-order valence-electron chi connectivity index (χ2n) is 7.28. The molecule has 0 radical (unpaired) electrons. The van der Waals surface area contributed by atoms with Crippen LogP contribution in [-0.4, -0.2) is 25.2 Å². The molecule has 0 aliphatic rings. The van der Waals surface area contributed by atoms with E-state index in [0.29, 0.717) is 28.6 Å². The molecule has 0 bridgehead atoms. The average molecular weight is 450 g/mol. The first-order chi connectivity index (χ1) is 15.5. The number of nitrogens with one attached hydrogen (secondary N) is 1. The fraction of sp³-hybridized carbons (Fsp3) is 0.125. The van der Waals surface area contributed by atoms with Crippen LogP contribution in [0, 0.1) is 12.7 Å². The van der Waals surface area contributed by atoms with Crippen LogP contribution in [0.25, 0.3) is 11.8 Å². The summed E-state index contributed by atoms with van der Waals surface area (Å²) in [6.45, 7) is 2.93. The van der Waals surface area contributed by atoms with Crippen molar-refractivity contribution in [3.8, 4) is 5.69 Å². The summed E-state index contributed by atoms with van der Waals surface area (Å²) >= 11 is 6.45. The number of nitrogens with zero attached hydrogens (tertiary/aromatic N) is 4. The van der Waals surface area contributed by atoms with Crippen LogP contribution >= 0.6 is 11.6 Å². The van der Waals surface area contributed by atoms with Gasteiger partial charge in [-0.1, -0.05) is 35.9 Å². The quantitative estimate of drug-likeness (QED) is 0.421. The van der Waals surface area contributed by atoms with Crippen LogP contribution in [0.15, 0.2) is 73.3 Å². The van der Waals surface area contributed by atoms with Crippen LogP contribution in [0.3, 0.4) is 0 Å². The lowest BCUT2D eigenvalue weighted by molar-refractivity contribution is -0.116. The first kappa shape index (κ1) is 21.5. The molecule has 1 N–H and O–H groups in total. The number of carbonyl (C=O) groups is 1. The summed E-state index contributed by atoms with van der Waals surface area (Å²) in [5, 5.41) is 7.63. The lowest BCUT2D eigenvalue weighted by Crippen LogP contribution is -2.20. The molecule has 4 aromatic rings. The van der Waals surface area contributed by atoms with Gasteiger partial charge < -0.3 is 9.88 Å². The van der Waals surface area contributed by atoms with Gasteiger partial charge >= 0.3 is 0 Å². The van der Waals surface area contributed by atoms with Crippen molar-refractivity contribution < 1.29 is 9.18 Å². The van der Waals surface area contributed by atoms with Crippen molar-refractivity contribution in [2.45, 2.75) is 20.0 Å². The highest BCUT2D eigenvalue weighted by molar-refractivity contribution is 6.31. The number of benzene rings is 2. The van der Waals surface area contributed by atoms with Crippen molar-refractivity contribution in [2.75, 3.05) is 0 Å². The van der Waals surface area contributed by atoms with E-state index in [1.54, 1.807) is 37.7 Å². The summed E-state index contributed by atoms with van der Waals surface area (Å²) in [6, 6.07) is 13.9. The van der Waals surface area contributed by atoms with Crippen LogP contribution < -0.4 is 5.32 Å². The van der Waals surface area contributed by atoms with Crippen LogP contribution in [-0.2, 0) is 17.9 Å². The highest BCUT2D eigenvalue weighted by atomic mass is 35.5. The van der Waals surface area contributed by atoms with Gasteiger partial charge in [-0.3, -0.25) is 4.79 Å². The zero-order valence-corrected chi connectivity index (χ0v) is 18.1. The lowest BCUT2D eigenvalue weighted by Gasteiger charge is -2.07. The molecule has 0 fully saturated rings. The van der Waals surface area contributed by atoms with E-state index in [1.807, 2.05) is 29.0 Å². The molecule has 162 valence electrons. The molecule has 0 aliphatic carbocycles. The van der Waals surface area contributed by atoms with E-state index in [1.165, 1.54) is 22.9 Å². The number of aryl methyl sites for hydroxylation is 1. The van der Waals surface area contributed by atoms with Crippen molar-refractivity contribution in [1.82, 2.24) is 24.6 Å². The predicted molar refractivity (Wildman–Crippen MR) is 122 cm³/mol. The standard InChI is InChI=1S/C24H21ClFN5O/c1-17-22(24(25)31(29-17)21-7-5-20(26)6-8-21)9-10-23(32)28-14-18-3-2-4-19(13-18)15-30-12-11-27-16-30/h2-13,16H,14-15H2,1H3,(H,28,32)/b10-9+. The summed E-state index contributed by atoms with van der Waals surface area (Å²) in [6.07, 6.45) is 8.48. The summed E-state index contributed by atoms with van der Waals surface area (Å²) in [5.41, 5.74) is 4.06. The maximum Gasteiger partial charge on any atom is 0.244 e. The monoisotopic (exact) mass is 449 g/mol. The first-order valence-electron chi connectivity index (χ1n) is 10.00. The minimum absolute atomic E-state index is 0.241. The minimum atomic E-state index is -0.335. The van der Waals surface area contributed by atoms with Crippen molar-refractivity contribution in [3.63, 3.8) is 0 Å². The number of carbonyl (C=O) groups excluding carboxylic acids is 1. The number of imidazole rings is 1. The molecule has 4 rings (SSSR count). The Labute approximate surface area is 190 Å². The first-order valence-corrected chi connectivity index (χ1v) is 10.4. The maximum atomic E-state index is 13.2. The molecule has 8 heteroatoms. The fourth-order valence-corrected chi connectivity index (χ4v) is 3.63. The van der Waals surface area contributed by atoms with E-state index in [-0.39, 0.29) is 11.7 Å². The normalized spacial score (nSPS) is 11.2. The van der Waals surface area contributed by atoms with Crippen molar-refractivity contribution in [1.29, 1.82) is 0 Å². The molecular weight excluding hydrogens is 429 g/mol.